The molecule has 0 saturated carbocycles. The van der Waals surface area contributed by atoms with Crippen LogP contribution in [0.5, 0.6) is 5.75 Å². The lowest BCUT2D eigenvalue weighted by atomic mass is 10.2. The zero-order chi connectivity index (χ0) is 11.8. The first kappa shape index (κ1) is 12.3. The van der Waals surface area contributed by atoms with Gasteiger partial charge in [0, 0.05) is 0 Å². The minimum Gasteiger partial charge on any atom is -0.464 e. The molecule has 1 aromatic carbocycles. The monoisotopic (exact) mass is 222 g/mol. The van der Waals surface area contributed by atoms with Crippen LogP contribution in [0.4, 0.5) is 0 Å². The number of hydrogen-bond acceptors (Lipinski definition) is 4. The van der Waals surface area contributed by atoms with E-state index in [0.29, 0.717) is 17.7 Å². The Morgan fingerprint density at radius 3 is 2.62 bits per heavy atom. The summed E-state index contributed by atoms with van der Waals surface area (Å²) in [6, 6.07) is 9.06. The van der Waals surface area contributed by atoms with Crippen molar-refractivity contribution in [2.75, 3.05) is 0 Å². The molecule has 0 radical (unpaired) electrons. The molecule has 0 aliphatic heterocycles. The first-order valence-electron chi connectivity index (χ1n) is 5.04. The molecule has 16 heavy (non-hydrogen) atoms. The lowest BCUT2D eigenvalue weighted by Crippen LogP contribution is -2.06. The molecule has 0 aliphatic carbocycles. The molecule has 0 heterocycles. The minimum atomic E-state index is -0.780. The molecule has 0 saturated heterocycles. The van der Waals surface area contributed by atoms with Crippen molar-refractivity contribution >= 4 is 5.97 Å². The number of para-hydroxylation sites is 1. The van der Waals surface area contributed by atoms with Crippen LogP contribution >= 0.6 is 0 Å². The normalized spacial score (nSPS) is 11.0. The highest BCUT2D eigenvalue weighted by atomic mass is 17.1. The van der Waals surface area contributed by atoms with E-state index in [0.717, 1.165) is 6.42 Å². The third kappa shape index (κ3) is 3.74. The maximum absolute atomic E-state index is 11.1. The van der Waals surface area contributed by atoms with Crippen LogP contribution in [-0.2, 0) is 9.68 Å². The largest absolute Gasteiger partial charge is 0.464 e. The number of rotatable bonds is 5. The van der Waals surface area contributed by atoms with E-state index in [2.05, 4.69) is 4.89 Å². The van der Waals surface area contributed by atoms with Crippen LogP contribution in [0.25, 0.3) is 0 Å². The molecule has 0 spiro atoms. The summed E-state index contributed by atoms with van der Waals surface area (Å²) >= 11 is 0. The molecule has 4 heteroatoms. The lowest BCUT2D eigenvalue weighted by molar-refractivity contribution is -0.229. The highest BCUT2D eigenvalue weighted by Crippen LogP contribution is 2.12. The van der Waals surface area contributed by atoms with Gasteiger partial charge >= 0.3 is 5.97 Å². The third-order valence-electron chi connectivity index (χ3n) is 1.94. The molecule has 0 fully saturated rings. The molecule has 1 rings (SSSR count). The van der Waals surface area contributed by atoms with Crippen LogP contribution in [0.15, 0.2) is 42.2 Å². The fourth-order valence-electron chi connectivity index (χ4n) is 1.18. The summed E-state index contributed by atoms with van der Waals surface area (Å²) in [6.45, 7) is 1.92. The SMILES string of the molecule is CCCC(=COc1ccccc1)C(=O)OO. The maximum atomic E-state index is 11.1. The van der Waals surface area contributed by atoms with E-state index in [4.69, 9.17) is 9.99 Å². The van der Waals surface area contributed by atoms with Gasteiger partial charge < -0.3 is 4.74 Å². The minimum absolute atomic E-state index is 0.300. The van der Waals surface area contributed by atoms with Gasteiger partial charge in [-0.1, -0.05) is 31.5 Å². The standard InChI is InChI=1S/C12H14O4/c1-2-6-10(12(13)16-14)9-15-11-7-4-3-5-8-11/h3-5,7-9,14H,2,6H2,1H3. The van der Waals surface area contributed by atoms with Gasteiger partial charge in [-0.3, -0.25) is 4.89 Å². The first-order chi connectivity index (χ1) is 7.77. The molecule has 1 N–H and O–H groups in total. The predicted molar refractivity (Wildman–Crippen MR) is 58.8 cm³/mol. The zero-order valence-corrected chi connectivity index (χ0v) is 9.05. The van der Waals surface area contributed by atoms with Crippen LogP contribution in [0.1, 0.15) is 19.8 Å². The highest BCUT2D eigenvalue weighted by Gasteiger charge is 2.10. The number of carbonyl (C=O) groups excluding carboxylic acids is 1. The van der Waals surface area contributed by atoms with Gasteiger partial charge in [0.05, 0.1) is 5.57 Å². The maximum Gasteiger partial charge on any atom is 0.371 e. The van der Waals surface area contributed by atoms with Crippen LogP contribution in [0.2, 0.25) is 0 Å². The van der Waals surface area contributed by atoms with Gasteiger partial charge in [-0.25, -0.2) is 4.79 Å². The van der Waals surface area contributed by atoms with Crippen molar-refractivity contribution in [2.45, 2.75) is 19.8 Å². The van der Waals surface area contributed by atoms with Crippen molar-refractivity contribution in [3.63, 3.8) is 0 Å². The number of hydrogen-bond donors (Lipinski definition) is 1. The second-order valence-electron chi connectivity index (χ2n) is 3.20. The molecular weight excluding hydrogens is 208 g/mol. The lowest BCUT2D eigenvalue weighted by Gasteiger charge is -2.03. The Balaban J connectivity index is 2.68. The van der Waals surface area contributed by atoms with E-state index in [1.165, 1.54) is 6.26 Å². The Morgan fingerprint density at radius 2 is 2.06 bits per heavy atom. The molecule has 0 bridgehead atoms. The predicted octanol–water partition coefficient (Wildman–Crippen LogP) is 2.77. The van der Waals surface area contributed by atoms with E-state index in [9.17, 15) is 4.79 Å². The van der Waals surface area contributed by atoms with Crippen molar-refractivity contribution in [3.05, 3.63) is 42.2 Å². The van der Waals surface area contributed by atoms with Crippen LogP contribution < -0.4 is 4.74 Å². The van der Waals surface area contributed by atoms with Gasteiger partial charge in [-0.15, -0.1) is 0 Å². The Morgan fingerprint density at radius 1 is 1.38 bits per heavy atom. The topological polar surface area (TPSA) is 55.8 Å². The zero-order valence-electron chi connectivity index (χ0n) is 9.05. The van der Waals surface area contributed by atoms with Gasteiger partial charge in [0.2, 0.25) is 0 Å². The Kier molecular flexibility index (Phi) is 5.08. The van der Waals surface area contributed by atoms with Crippen LogP contribution in [0, 0.1) is 0 Å². The average Bonchev–Trinajstić information content (AvgIpc) is 2.34. The van der Waals surface area contributed by atoms with E-state index in [1.54, 1.807) is 12.1 Å². The van der Waals surface area contributed by atoms with Crippen molar-refractivity contribution in [1.82, 2.24) is 0 Å². The van der Waals surface area contributed by atoms with E-state index in [-0.39, 0.29) is 0 Å². The summed E-state index contributed by atoms with van der Waals surface area (Å²) in [7, 11) is 0. The Labute approximate surface area is 94.0 Å². The van der Waals surface area contributed by atoms with Crippen molar-refractivity contribution in [1.29, 1.82) is 0 Å². The fourth-order valence-corrected chi connectivity index (χ4v) is 1.18. The number of carbonyl (C=O) groups is 1. The fraction of sp³-hybridized carbons (Fsp3) is 0.250. The average molecular weight is 222 g/mol. The third-order valence-corrected chi connectivity index (χ3v) is 1.94. The summed E-state index contributed by atoms with van der Waals surface area (Å²) in [5.74, 6) is -0.153. The molecule has 0 aliphatic rings. The Bertz CT molecular complexity index is 357. The van der Waals surface area contributed by atoms with Crippen molar-refractivity contribution in [3.8, 4) is 5.75 Å². The van der Waals surface area contributed by atoms with Crippen LogP contribution in [-0.4, -0.2) is 11.2 Å². The van der Waals surface area contributed by atoms with E-state index < -0.39 is 5.97 Å². The summed E-state index contributed by atoms with van der Waals surface area (Å²) in [4.78, 5) is 14.8. The number of benzene rings is 1. The quantitative estimate of drug-likeness (QED) is 0.360. The molecule has 0 atom stereocenters. The van der Waals surface area contributed by atoms with E-state index >= 15 is 0 Å². The van der Waals surface area contributed by atoms with Crippen molar-refractivity contribution < 1.29 is 19.7 Å². The summed E-state index contributed by atoms with van der Waals surface area (Å²) in [6.07, 6.45) is 2.56. The van der Waals surface area contributed by atoms with Crippen LogP contribution in [0.3, 0.4) is 0 Å². The van der Waals surface area contributed by atoms with Gasteiger partial charge in [0.1, 0.15) is 12.0 Å². The molecule has 0 amide bonds. The van der Waals surface area contributed by atoms with Gasteiger partial charge in [-0.05, 0) is 18.6 Å². The van der Waals surface area contributed by atoms with Gasteiger partial charge in [0.25, 0.3) is 0 Å². The summed E-state index contributed by atoms with van der Waals surface area (Å²) in [5, 5.41) is 8.28. The second-order valence-corrected chi connectivity index (χ2v) is 3.20. The molecule has 1 aromatic rings. The number of ether oxygens (including phenoxy) is 1. The second kappa shape index (κ2) is 6.63. The smallest absolute Gasteiger partial charge is 0.371 e. The first-order valence-corrected chi connectivity index (χ1v) is 5.04. The molecule has 0 unspecified atom stereocenters. The summed E-state index contributed by atoms with van der Waals surface area (Å²) in [5.41, 5.74) is 0.300. The van der Waals surface area contributed by atoms with E-state index in [1.807, 2.05) is 25.1 Å². The molecule has 0 aromatic heterocycles. The van der Waals surface area contributed by atoms with Gasteiger partial charge in [0.15, 0.2) is 0 Å². The highest BCUT2D eigenvalue weighted by molar-refractivity contribution is 5.87. The Hall–Kier alpha value is -1.81. The van der Waals surface area contributed by atoms with Crippen molar-refractivity contribution in [2.24, 2.45) is 0 Å². The molecule has 86 valence electrons. The molecule has 4 nitrogen and oxygen atoms in total. The molecular formula is C12H14O4. The van der Waals surface area contributed by atoms with Gasteiger partial charge in [-0.2, -0.15) is 5.26 Å². The summed E-state index contributed by atoms with van der Waals surface area (Å²) < 4.78 is 5.27.